The molecular weight excluding hydrogens is 380 g/mol. The van der Waals surface area contributed by atoms with Crippen LogP contribution in [0.3, 0.4) is 0 Å². The quantitative estimate of drug-likeness (QED) is 0.495. The fourth-order valence-electron chi connectivity index (χ4n) is 3.40. The third-order valence-electron chi connectivity index (χ3n) is 5.10. The molecule has 1 fully saturated rings. The molecule has 1 aliphatic carbocycles. The van der Waals surface area contributed by atoms with E-state index in [-0.39, 0.29) is 5.97 Å². The second kappa shape index (κ2) is 7.55. The third kappa shape index (κ3) is 3.47. The van der Waals surface area contributed by atoms with Gasteiger partial charge in [0.2, 0.25) is 0 Å². The molecule has 3 heterocycles. The largest absolute Gasteiger partial charge is 0.465 e. The number of pyridine rings is 1. The topological polar surface area (TPSA) is 94.3 Å². The van der Waals surface area contributed by atoms with Gasteiger partial charge in [-0.2, -0.15) is 4.52 Å². The van der Waals surface area contributed by atoms with Crippen molar-refractivity contribution in [3.05, 3.63) is 71.5 Å². The van der Waals surface area contributed by atoms with E-state index >= 15 is 0 Å². The summed E-state index contributed by atoms with van der Waals surface area (Å²) in [5.41, 5.74) is 3.85. The Hall–Kier alpha value is -3.81. The van der Waals surface area contributed by atoms with Crippen LogP contribution in [0.2, 0.25) is 0 Å². The number of nitrogens with one attached hydrogen (secondary N) is 1. The monoisotopic (exact) mass is 400 g/mol. The van der Waals surface area contributed by atoms with Crippen LogP contribution in [0.1, 0.15) is 40.5 Å². The third-order valence-corrected chi connectivity index (χ3v) is 5.10. The lowest BCUT2D eigenvalue weighted by atomic mass is 10.1. The summed E-state index contributed by atoms with van der Waals surface area (Å²) in [5, 5.41) is 16.4. The Labute approximate surface area is 172 Å². The van der Waals surface area contributed by atoms with Gasteiger partial charge in [0.1, 0.15) is 5.82 Å². The molecule has 0 unspecified atom stereocenters. The van der Waals surface area contributed by atoms with E-state index in [0.29, 0.717) is 35.3 Å². The molecule has 8 nitrogen and oxygen atoms in total. The van der Waals surface area contributed by atoms with Gasteiger partial charge in [0.25, 0.3) is 0 Å². The zero-order valence-electron chi connectivity index (χ0n) is 16.4. The Kier molecular flexibility index (Phi) is 4.59. The van der Waals surface area contributed by atoms with Crippen LogP contribution >= 0.6 is 0 Å². The van der Waals surface area contributed by atoms with Crippen molar-refractivity contribution in [3.63, 3.8) is 0 Å². The van der Waals surface area contributed by atoms with Crippen LogP contribution < -0.4 is 5.32 Å². The fourth-order valence-corrected chi connectivity index (χ4v) is 3.40. The minimum Gasteiger partial charge on any atom is -0.465 e. The molecule has 5 rings (SSSR count). The number of nitrogens with zero attached hydrogens (tertiary/aromatic N) is 5. The maximum atomic E-state index is 12.0. The predicted molar refractivity (Wildman–Crippen MR) is 111 cm³/mol. The average molecular weight is 400 g/mol. The van der Waals surface area contributed by atoms with Crippen LogP contribution in [0.5, 0.6) is 0 Å². The molecule has 0 spiro atoms. The van der Waals surface area contributed by atoms with E-state index in [0.717, 1.165) is 29.8 Å². The highest BCUT2D eigenvalue weighted by Crippen LogP contribution is 2.40. The second-order valence-corrected chi connectivity index (χ2v) is 7.23. The molecule has 0 radical (unpaired) electrons. The number of carbonyl (C=O) groups is 1. The van der Waals surface area contributed by atoms with Gasteiger partial charge < -0.3 is 10.1 Å². The van der Waals surface area contributed by atoms with Crippen molar-refractivity contribution in [3.8, 4) is 11.4 Å². The van der Waals surface area contributed by atoms with Gasteiger partial charge in [0, 0.05) is 11.5 Å². The van der Waals surface area contributed by atoms with Gasteiger partial charge in [-0.05, 0) is 37.1 Å². The Morgan fingerprint density at radius 2 is 1.93 bits per heavy atom. The first-order valence-corrected chi connectivity index (χ1v) is 9.83. The minimum absolute atomic E-state index is 0.336. The van der Waals surface area contributed by atoms with Gasteiger partial charge in [-0.1, -0.05) is 30.3 Å². The number of anilines is 1. The minimum atomic E-state index is -0.336. The Morgan fingerprint density at radius 3 is 2.70 bits per heavy atom. The van der Waals surface area contributed by atoms with Gasteiger partial charge in [-0.25, -0.2) is 4.79 Å². The van der Waals surface area contributed by atoms with Crippen molar-refractivity contribution in [2.24, 2.45) is 0 Å². The number of methoxy groups -OCH3 is 1. The van der Waals surface area contributed by atoms with E-state index in [9.17, 15) is 4.79 Å². The first kappa shape index (κ1) is 18.2. The van der Waals surface area contributed by atoms with Crippen LogP contribution in [-0.2, 0) is 11.3 Å². The smallest absolute Gasteiger partial charge is 0.339 e. The van der Waals surface area contributed by atoms with Gasteiger partial charge in [-0.3, -0.25) is 4.98 Å². The Balaban J connectivity index is 1.39. The SMILES string of the molecule is COC(=O)c1ccc(CNc2ccc3nnc(-c4ccccc4)n3n2)nc1C1CC1. The van der Waals surface area contributed by atoms with Gasteiger partial charge in [-0.15, -0.1) is 15.3 Å². The molecule has 1 saturated carbocycles. The van der Waals surface area contributed by atoms with Crippen molar-refractivity contribution in [2.75, 3.05) is 12.4 Å². The summed E-state index contributed by atoms with van der Waals surface area (Å²) in [6.07, 6.45) is 2.12. The summed E-state index contributed by atoms with van der Waals surface area (Å²) in [4.78, 5) is 16.7. The average Bonchev–Trinajstić information content (AvgIpc) is 3.56. The number of aromatic nitrogens is 5. The number of ether oxygens (including phenoxy) is 1. The molecule has 4 aromatic rings. The van der Waals surface area contributed by atoms with E-state index in [1.165, 1.54) is 7.11 Å². The molecule has 1 aromatic carbocycles. The van der Waals surface area contributed by atoms with Crippen LogP contribution in [0.4, 0.5) is 5.82 Å². The molecule has 3 aromatic heterocycles. The van der Waals surface area contributed by atoms with Crippen molar-refractivity contribution in [2.45, 2.75) is 25.3 Å². The number of hydrogen-bond acceptors (Lipinski definition) is 7. The molecule has 30 heavy (non-hydrogen) atoms. The fraction of sp³-hybridized carbons (Fsp3) is 0.227. The molecule has 0 saturated heterocycles. The molecule has 0 aliphatic heterocycles. The van der Waals surface area contributed by atoms with Crippen molar-refractivity contribution < 1.29 is 9.53 Å². The molecule has 8 heteroatoms. The first-order valence-electron chi connectivity index (χ1n) is 9.83. The molecule has 0 bridgehead atoms. The van der Waals surface area contributed by atoms with E-state index in [1.54, 1.807) is 10.6 Å². The second-order valence-electron chi connectivity index (χ2n) is 7.23. The van der Waals surface area contributed by atoms with E-state index in [4.69, 9.17) is 9.72 Å². The van der Waals surface area contributed by atoms with Crippen LogP contribution in [0.15, 0.2) is 54.6 Å². The highest BCUT2D eigenvalue weighted by molar-refractivity contribution is 5.90. The summed E-state index contributed by atoms with van der Waals surface area (Å²) in [6, 6.07) is 17.2. The van der Waals surface area contributed by atoms with E-state index < -0.39 is 0 Å². The number of carbonyl (C=O) groups excluding carboxylic acids is 1. The van der Waals surface area contributed by atoms with Crippen LogP contribution in [0, 0.1) is 0 Å². The van der Waals surface area contributed by atoms with Crippen LogP contribution in [0.25, 0.3) is 17.0 Å². The van der Waals surface area contributed by atoms with Crippen molar-refractivity contribution in [1.29, 1.82) is 0 Å². The summed E-state index contributed by atoms with van der Waals surface area (Å²) >= 11 is 0. The lowest BCUT2D eigenvalue weighted by Crippen LogP contribution is -2.11. The summed E-state index contributed by atoms with van der Waals surface area (Å²) in [7, 11) is 1.39. The highest BCUT2D eigenvalue weighted by atomic mass is 16.5. The highest BCUT2D eigenvalue weighted by Gasteiger charge is 2.30. The Morgan fingerprint density at radius 1 is 1.10 bits per heavy atom. The number of fused-ring (bicyclic) bond motifs is 1. The molecule has 150 valence electrons. The molecule has 1 N–H and O–H groups in total. The van der Waals surface area contributed by atoms with Crippen molar-refractivity contribution >= 4 is 17.4 Å². The van der Waals surface area contributed by atoms with E-state index in [2.05, 4.69) is 20.6 Å². The van der Waals surface area contributed by atoms with Gasteiger partial charge in [0.05, 0.1) is 30.6 Å². The standard InChI is InChI=1S/C22H20N6O2/c1-30-22(29)17-10-9-16(24-20(17)14-7-8-14)13-23-18-11-12-19-25-26-21(28(19)27-18)15-5-3-2-4-6-15/h2-6,9-12,14H,7-8,13H2,1H3,(H,23,27). The Bertz CT molecular complexity index is 1220. The summed E-state index contributed by atoms with van der Waals surface area (Å²) < 4.78 is 6.61. The van der Waals surface area contributed by atoms with Gasteiger partial charge in [0.15, 0.2) is 11.5 Å². The molecule has 0 atom stereocenters. The number of benzene rings is 1. The zero-order valence-corrected chi connectivity index (χ0v) is 16.4. The normalized spacial score (nSPS) is 13.4. The predicted octanol–water partition coefficient (Wildman–Crippen LogP) is 3.46. The zero-order chi connectivity index (χ0) is 20.5. The summed E-state index contributed by atoms with van der Waals surface area (Å²) in [5.74, 6) is 1.38. The maximum Gasteiger partial charge on any atom is 0.339 e. The van der Waals surface area contributed by atoms with Crippen LogP contribution in [-0.4, -0.2) is 37.9 Å². The number of rotatable bonds is 6. The first-order chi connectivity index (χ1) is 14.7. The molecular formula is C22H20N6O2. The van der Waals surface area contributed by atoms with Gasteiger partial charge >= 0.3 is 5.97 Å². The maximum absolute atomic E-state index is 12.0. The lowest BCUT2D eigenvalue weighted by molar-refractivity contribution is 0.0598. The molecule has 1 aliphatic rings. The lowest BCUT2D eigenvalue weighted by Gasteiger charge is -2.10. The number of esters is 1. The van der Waals surface area contributed by atoms with Crippen molar-refractivity contribution in [1.82, 2.24) is 24.8 Å². The number of hydrogen-bond donors (Lipinski definition) is 1. The summed E-state index contributed by atoms with van der Waals surface area (Å²) in [6.45, 7) is 0.489. The van der Waals surface area contributed by atoms with E-state index in [1.807, 2.05) is 48.5 Å². The molecule has 0 amide bonds.